The number of hydrogen-bond donors (Lipinski definition) is 1. The van der Waals surface area contributed by atoms with Gasteiger partial charge in [0.1, 0.15) is 11.6 Å². The molecule has 2 N–H and O–H groups in total. The van der Waals surface area contributed by atoms with Gasteiger partial charge in [-0.3, -0.25) is 14.6 Å². The summed E-state index contributed by atoms with van der Waals surface area (Å²) >= 11 is 0. The van der Waals surface area contributed by atoms with Crippen LogP contribution in [-0.4, -0.2) is 29.5 Å². The van der Waals surface area contributed by atoms with Gasteiger partial charge in [-0.2, -0.15) is 5.10 Å². The van der Waals surface area contributed by atoms with E-state index in [1.165, 1.54) is 19.3 Å². The average molecular weight is 380 g/mol. The fourth-order valence-electron chi connectivity index (χ4n) is 3.15. The number of nitrogens with zero attached hydrogens (tertiary/aromatic N) is 2. The van der Waals surface area contributed by atoms with Crippen LogP contribution < -0.4 is 5.84 Å². The highest BCUT2D eigenvalue weighted by atomic mass is 16.1. The van der Waals surface area contributed by atoms with Gasteiger partial charge in [-0.25, -0.2) is 0 Å². The molecule has 0 atom stereocenters. The smallest absolute Gasteiger partial charge is 0.138 e. The molecule has 0 amide bonds. The van der Waals surface area contributed by atoms with Crippen LogP contribution in [0.2, 0.25) is 0 Å². The largest absolute Gasteiger partial charge is 0.323 e. The van der Waals surface area contributed by atoms with Crippen LogP contribution in [0.3, 0.4) is 0 Å². The zero-order valence-corrected chi connectivity index (χ0v) is 18.2. The SMILES string of the molecule is C/C(C=NC1CCC(C(=O)C(C)C)CC1)=N/N.CCCCCCC(=O)CC. The van der Waals surface area contributed by atoms with Gasteiger partial charge >= 0.3 is 0 Å². The predicted octanol–water partition coefficient (Wildman–Crippen LogP) is 5.11. The van der Waals surface area contributed by atoms with Crippen LogP contribution in [0, 0.1) is 11.8 Å². The minimum atomic E-state index is 0.159. The predicted molar refractivity (Wildman–Crippen MR) is 115 cm³/mol. The molecule has 5 nitrogen and oxygen atoms in total. The molecule has 0 spiro atoms. The number of nitrogens with two attached hydrogens (primary N) is 1. The lowest BCUT2D eigenvalue weighted by Gasteiger charge is -2.26. The Bertz CT molecular complexity index is 476. The van der Waals surface area contributed by atoms with Crippen molar-refractivity contribution in [1.29, 1.82) is 0 Å². The third-order valence-electron chi connectivity index (χ3n) is 5.05. The molecular weight excluding hydrogens is 338 g/mol. The van der Waals surface area contributed by atoms with Crippen LogP contribution in [0.15, 0.2) is 10.1 Å². The Labute approximate surface area is 166 Å². The van der Waals surface area contributed by atoms with Crippen molar-refractivity contribution in [1.82, 2.24) is 0 Å². The molecule has 1 rings (SSSR count). The Morgan fingerprint density at radius 3 is 2.19 bits per heavy atom. The van der Waals surface area contributed by atoms with E-state index in [-0.39, 0.29) is 11.8 Å². The molecule has 1 saturated carbocycles. The summed E-state index contributed by atoms with van der Waals surface area (Å²) in [7, 11) is 0. The molecule has 0 saturated heterocycles. The first-order chi connectivity index (χ1) is 12.8. The zero-order valence-electron chi connectivity index (χ0n) is 18.2. The fraction of sp³-hybridized carbons (Fsp3) is 0.818. The Morgan fingerprint density at radius 1 is 1.07 bits per heavy atom. The molecule has 5 heteroatoms. The van der Waals surface area contributed by atoms with E-state index in [4.69, 9.17) is 5.84 Å². The summed E-state index contributed by atoms with van der Waals surface area (Å²) in [5.74, 6) is 6.37. The number of rotatable bonds is 10. The third-order valence-corrected chi connectivity index (χ3v) is 5.05. The minimum Gasteiger partial charge on any atom is -0.323 e. The maximum atomic E-state index is 11.8. The first-order valence-corrected chi connectivity index (χ1v) is 10.7. The maximum Gasteiger partial charge on any atom is 0.138 e. The van der Waals surface area contributed by atoms with E-state index in [0.29, 0.717) is 24.0 Å². The summed E-state index contributed by atoms with van der Waals surface area (Å²) in [5.41, 5.74) is 0.741. The Kier molecular flexibility index (Phi) is 14.7. The van der Waals surface area contributed by atoms with Gasteiger partial charge in [0.25, 0.3) is 0 Å². The first kappa shape index (κ1) is 25.5. The van der Waals surface area contributed by atoms with Gasteiger partial charge in [-0.1, -0.05) is 47.0 Å². The number of hydrogen-bond acceptors (Lipinski definition) is 5. The number of ketones is 2. The second kappa shape index (κ2) is 15.5. The highest BCUT2D eigenvalue weighted by molar-refractivity contribution is 6.29. The maximum absolute atomic E-state index is 11.8. The van der Waals surface area contributed by atoms with Crippen LogP contribution in [0.5, 0.6) is 0 Å². The monoisotopic (exact) mass is 379 g/mol. The van der Waals surface area contributed by atoms with Crippen molar-refractivity contribution >= 4 is 23.5 Å². The van der Waals surface area contributed by atoms with Crippen LogP contribution in [0.25, 0.3) is 0 Å². The van der Waals surface area contributed by atoms with Crippen LogP contribution in [-0.2, 0) is 9.59 Å². The lowest BCUT2D eigenvalue weighted by Crippen LogP contribution is -2.26. The third kappa shape index (κ3) is 12.5. The molecule has 0 aromatic carbocycles. The molecule has 1 fully saturated rings. The van der Waals surface area contributed by atoms with Gasteiger partial charge in [0.2, 0.25) is 0 Å². The zero-order chi connectivity index (χ0) is 20.7. The Balaban J connectivity index is 0.000000580. The summed E-state index contributed by atoms with van der Waals surface area (Å²) in [6.45, 7) is 9.91. The van der Waals surface area contributed by atoms with Gasteiger partial charge < -0.3 is 5.84 Å². The molecule has 0 radical (unpaired) electrons. The number of carbonyl (C=O) groups is 2. The molecule has 0 bridgehead atoms. The van der Waals surface area contributed by atoms with Crippen LogP contribution >= 0.6 is 0 Å². The molecule has 0 heterocycles. The number of unbranched alkanes of at least 4 members (excludes halogenated alkanes) is 3. The summed E-state index contributed by atoms with van der Waals surface area (Å²) in [6.07, 6.45) is 12.0. The van der Waals surface area contributed by atoms with Gasteiger partial charge in [0.15, 0.2) is 0 Å². The van der Waals surface area contributed by atoms with E-state index in [9.17, 15) is 9.59 Å². The Hall–Kier alpha value is -1.52. The summed E-state index contributed by atoms with van der Waals surface area (Å²) < 4.78 is 0. The molecular formula is C22H41N3O2. The van der Waals surface area contributed by atoms with E-state index >= 15 is 0 Å². The summed E-state index contributed by atoms with van der Waals surface area (Å²) in [4.78, 5) is 27.1. The molecule has 0 aromatic heterocycles. The van der Waals surface area contributed by atoms with Gasteiger partial charge in [-0.15, -0.1) is 0 Å². The van der Waals surface area contributed by atoms with E-state index in [1.807, 2.05) is 27.7 Å². The minimum absolute atomic E-state index is 0.159. The standard InChI is InChI=1S/C13H23N3O.C9H18O/c1-9(2)13(17)11-4-6-12(7-5-11)15-8-10(3)16-14;1-3-5-6-7-8-9(10)4-2/h8-9,11-12H,4-7,14H2,1-3H3;3-8H2,1-2H3/b15-8?,16-10-;. The number of aliphatic imine (C=N–C) groups is 1. The lowest BCUT2D eigenvalue weighted by molar-refractivity contribution is -0.126. The Morgan fingerprint density at radius 2 is 1.70 bits per heavy atom. The van der Waals surface area contributed by atoms with Crippen molar-refractivity contribution in [2.24, 2.45) is 27.8 Å². The molecule has 1 aliphatic rings. The normalized spacial score (nSPS) is 20.4. The fourth-order valence-corrected chi connectivity index (χ4v) is 3.15. The second-order valence-electron chi connectivity index (χ2n) is 7.81. The van der Waals surface area contributed by atoms with Crippen LogP contribution in [0.1, 0.15) is 98.8 Å². The molecule has 0 aliphatic heterocycles. The van der Waals surface area contributed by atoms with E-state index in [0.717, 1.165) is 44.2 Å². The molecule has 27 heavy (non-hydrogen) atoms. The van der Waals surface area contributed by atoms with Crippen LogP contribution in [0.4, 0.5) is 0 Å². The van der Waals surface area contributed by atoms with E-state index < -0.39 is 0 Å². The van der Waals surface area contributed by atoms with Crippen molar-refractivity contribution in [2.75, 3.05) is 0 Å². The highest BCUT2D eigenvalue weighted by Gasteiger charge is 2.26. The van der Waals surface area contributed by atoms with Crippen molar-refractivity contribution in [3.05, 3.63) is 0 Å². The van der Waals surface area contributed by atoms with Crippen molar-refractivity contribution in [3.8, 4) is 0 Å². The average Bonchev–Trinajstić information content (AvgIpc) is 2.69. The highest BCUT2D eigenvalue weighted by Crippen LogP contribution is 2.28. The topological polar surface area (TPSA) is 84.9 Å². The molecule has 156 valence electrons. The van der Waals surface area contributed by atoms with Gasteiger partial charge in [0.05, 0.1) is 11.8 Å². The quantitative estimate of drug-likeness (QED) is 0.248. The molecule has 0 aromatic rings. The summed E-state index contributed by atoms with van der Waals surface area (Å²) in [6, 6.07) is 0.336. The van der Waals surface area contributed by atoms with Crippen molar-refractivity contribution in [3.63, 3.8) is 0 Å². The first-order valence-electron chi connectivity index (χ1n) is 10.7. The molecule has 1 aliphatic carbocycles. The molecule has 0 unspecified atom stereocenters. The number of carbonyl (C=O) groups excluding carboxylic acids is 2. The number of Topliss-reactive ketones (excluding diaryl/α,β-unsaturated/α-hetero) is 2. The lowest BCUT2D eigenvalue weighted by atomic mass is 9.81. The van der Waals surface area contributed by atoms with E-state index in [2.05, 4.69) is 17.0 Å². The van der Waals surface area contributed by atoms with E-state index in [1.54, 1.807) is 6.21 Å². The summed E-state index contributed by atoms with van der Waals surface area (Å²) in [5, 5.41) is 3.55. The van der Waals surface area contributed by atoms with Gasteiger partial charge in [0, 0.05) is 30.9 Å². The van der Waals surface area contributed by atoms with Gasteiger partial charge in [-0.05, 0) is 39.0 Å². The van der Waals surface area contributed by atoms with Crippen molar-refractivity contribution < 1.29 is 9.59 Å². The van der Waals surface area contributed by atoms with Crippen molar-refractivity contribution in [2.45, 2.75) is 105 Å². The number of hydrazone groups is 1. The second-order valence-corrected chi connectivity index (χ2v) is 7.81.